The van der Waals surface area contributed by atoms with Crippen molar-refractivity contribution in [1.82, 2.24) is 9.80 Å². The van der Waals surface area contributed by atoms with Crippen molar-refractivity contribution in [1.29, 1.82) is 0 Å². The summed E-state index contributed by atoms with van der Waals surface area (Å²) >= 11 is 0. The SMILES string of the molecule is Cc1ccc(NS(=O)(=O)c2cccc(C(=O)N3CCN(C)CC3c3ccccc3)c2)cc1. The second-order valence-corrected chi connectivity index (χ2v) is 9.87. The van der Waals surface area contributed by atoms with Crippen molar-refractivity contribution < 1.29 is 13.2 Å². The third-order valence-corrected chi connectivity index (χ3v) is 7.10. The van der Waals surface area contributed by atoms with Gasteiger partial charge in [0.15, 0.2) is 0 Å². The Labute approximate surface area is 189 Å². The lowest BCUT2D eigenvalue weighted by Crippen LogP contribution is -2.49. The quantitative estimate of drug-likeness (QED) is 0.641. The molecule has 0 radical (unpaired) electrons. The number of carbonyl (C=O) groups is 1. The molecule has 1 amide bonds. The third-order valence-electron chi connectivity index (χ3n) is 5.72. The fourth-order valence-corrected chi connectivity index (χ4v) is 5.02. The van der Waals surface area contributed by atoms with Gasteiger partial charge < -0.3 is 9.80 Å². The summed E-state index contributed by atoms with van der Waals surface area (Å²) in [6.45, 7) is 4.01. The maximum atomic E-state index is 13.5. The Kier molecular flexibility index (Phi) is 6.30. The molecule has 1 unspecified atom stereocenters. The number of likely N-dealkylation sites (N-methyl/N-ethyl adjacent to an activating group) is 1. The number of anilines is 1. The molecular formula is C25H27N3O3S. The summed E-state index contributed by atoms with van der Waals surface area (Å²) in [6, 6.07) is 23.2. The van der Waals surface area contributed by atoms with Crippen LogP contribution in [0, 0.1) is 6.92 Å². The van der Waals surface area contributed by atoms with Crippen LogP contribution in [-0.4, -0.2) is 50.8 Å². The largest absolute Gasteiger partial charge is 0.329 e. The standard InChI is InChI=1S/C25H27N3O3S/c1-19-11-13-22(14-12-19)26-32(30,31)23-10-6-9-21(17-23)25(29)28-16-15-27(2)18-24(28)20-7-4-3-5-8-20/h3-14,17,24,26H,15-16,18H2,1-2H3. The minimum atomic E-state index is -3.82. The maximum Gasteiger partial charge on any atom is 0.261 e. The highest BCUT2D eigenvalue weighted by Gasteiger charge is 2.31. The van der Waals surface area contributed by atoms with Gasteiger partial charge in [0.05, 0.1) is 10.9 Å². The molecule has 0 aromatic heterocycles. The molecule has 4 rings (SSSR count). The predicted molar refractivity (Wildman–Crippen MR) is 126 cm³/mol. The zero-order valence-corrected chi connectivity index (χ0v) is 19.0. The van der Waals surface area contributed by atoms with E-state index in [9.17, 15) is 13.2 Å². The fraction of sp³-hybridized carbons (Fsp3) is 0.240. The number of nitrogens with one attached hydrogen (secondary N) is 1. The number of rotatable bonds is 5. The molecule has 7 heteroatoms. The third kappa shape index (κ3) is 4.84. The molecule has 0 bridgehead atoms. The van der Waals surface area contributed by atoms with Gasteiger partial charge in [-0.2, -0.15) is 0 Å². The average molecular weight is 450 g/mol. The maximum absolute atomic E-state index is 13.5. The van der Waals surface area contributed by atoms with Crippen LogP contribution < -0.4 is 4.72 Å². The summed E-state index contributed by atoms with van der Waals surface area (Å²) in [5.41, 5.74) is 2.95. The van der Waals surface area contributed by atoms with Crippen LogP contribution in [0.25, 0.3) is 0 Å². The highest BCUT2D eigenvalue weighted by Crippen LogP contribution is 2.27. The molecule has 166 valence electrons. The molecule has 3 aromatic rings. The molecule has 0 saturated carbocycles. The Hall–Kier alpha value is -3.16. The molecule has 3 aromatic carbocycles. The molecule has 1 N–H and O–H groups in total. The smallest absolute Gasteiger partial charge is 0.261 e. The molecule has 1 saturated heterocycles. The highest BCUT2D eigenvalue weighted by molar-refractivity contribution is 7.92. The number of hydrogen-bond acceptors (Lipinski definition) is 4. The monoisotopic (exact) mass is 449 g/mol. The normalized spacial score (nSPS) is 17.2. The molecule has 32 heavy (non-hydrogen) atoms. The first-order chi connectivity index (χ1) is 15.3. The fourth-order valence-electron chi connectivity index (χ4n) is 3.92. The molecule has 1 aliphatic rings. The number of aryl methyl sites for hydroxylation is 1. The summed E-state index contributed by atoms with van der Waals surface area (Å²) in [5.74, 6) is -0.167. The zero-order valence-electron chi connectivity index (χ0n) is 18.2. The van der Waals surface area contributed by atoms with Gasteiger partial charge in [-0.05, 0) is 49.9 Å². The molecule has 1 heterocycles. The predicted octanol–water partition coefficient (Wildman–Crippen LogP) is 3.92. The van der Waals surface area contributed by atoms with Gasteiger partial charge >= 0.3 is 0 Å². The molecule has 0 spiro atoms. The van der Waals surface area contributed by atoms with E-state index in [0.29, 0.717) is 17.8 Å². The lowest BCUT2D eigenvalue weighted by molar-refractivity contribution is 0.0498. The van der Waals surface area contributed by atoms with E-state index >= 15 is 0 Å². The van der Waals surface area contributed by atoms with Crippen molar-refractivity contribution in [2.45, 2.75) is 17.9 Å². The van der Waals surface area contributed by atoms with Gasteiger partial charge in [-0.15, -0.1) is 0 Å². The Morgan fingerprint density at radius 3 is 2.38 bits per heavy atom. The van der Waals surface area contributed by atoms with E-state index in [2.05, 4.69) is 9.62 Å². The molecular weight excluding hydrogens is 422 g/mol. The van der Waals surface area contributed by atoms with Gasteiger partial charge in [0.1, 0.15) is 0 Å². The van der Waals surface area contributed by atoms with E-state index in [-0.39, 0.29) is 16.8 Å². The van der Waals surface area contributed by atoms with Gasteiger partial charge in [0, 0.05) is 30.9 Å². The van der Waals surface area contributed by atoms with Crippen LogP contribution >= 0.6 is 0 Å². The Morgan fingerprint density at radius 1 is 0.938 bits per heavy atom. The number of nitrogens with zero attached hydrogens (tertiary/aromatic N) is 2. The van der Waals surface area contributed by atoms with Gasteiger partial charge in [-0.1, -0.05) is 54.1 Å². The van der Waals surface area contributed by atoms with Crippen LogP contribution in [0.3, 0.4) is 0 Å². The number of carbonyl (C=O) groups excluding carboxylic acids is 1. The number of benzene rings is 3. The van der Waals surface area contributed by atoms with Crippen molar-refractivity contribution in [2.24, 2.45) is 0 Å². The van der Waals surface area contributed by atoms with Crippen molar-refractivity contribution in [3.8, 4) is 0 Å². The van der Waals surface area contributed by atoms with Crippen LogP contribution in [0.2, 0.25) is 0 Å². The van der Waals surface area contributed by atoms with Crippen LogP contribution in [-0.2, 0) is 10.0 Å². The van der Waals surface area contributed by atoms with Gasteiger partial charge in [0.2, 0.25) is 0 Å². The number of piperazine rings is 1. The second kappa shape index (κ2) is 9.14. The Balaban J connectivity index is 1.60. The first kappa shape index (κ1) is 22.0. The topological polar surface area (TPSA) is 69.7 Å². The van der Waals surface area contributed by atoms with E-state index in [1.165, 1.54) is 12.1 Å². The van der Waals surface area contributed by atoms with Gasteiger partial charge in [0.25, 0.3) is 15.9 Å². The van der Waals surface area contributed by atoms with Gasteiger partial charge in [-0.3, -0.25) is 9.52 Å². The number of sulfonamides is 1. The molecule has 1 aliphatic heterocycles. The molecule has 1 fully saturated rings. The minimum absolute atomic E-state index is 0.0642. The number of amides is 1. The van der Waals surface area contributed by atoms with Crippen molar-refractivity contribution in [3.05, 3.63) is 95.6 Å². The summed E-state index contributed by atoms with van der Waals surface area (Å²) in [5, 5.41) is 0. The summed E-state index contributed by atoms with van der Waals surface area (Å²) in [6.07, 6.45) is 0. The summed E-state index contributed by atoms with van der Waals surface area (Å²) in [7, 11) is -1.77. The average Bonchev–Trinajstić information content (AvgIpc) is 2.80. The molecule has 0 aliphatic carbocycles. The summed E-state index contributed by atoms with van der Waals surface area (Å²) < 4.78 is 28.4. The lowest BCUT2D eigenvalue weighted by atomic mass is 10.0. The Morgan fingerprint density at radius 2 is 1.66 bits per heavy atom. The van der Waals surface area contributed by atoms with Crippen molar-refractivity contribution in [3.63, 3.8) is 0 Å². The van der Waals surface area contributed by atoms with Crippen molar-refractivity contribution >= 4 is 21.6 Å². The van der Waals surface area contributed by atoms with E-state index in [0.717, 1.165) is 24.2 Å². The first-order valence-electron chi connectivity index (χ1n) is 10.6. The number of hydrogen-bond donors (Lipinski definition) is 1. The van der Waals surface area contributed by atoms with E-state index in [1.807, 2.05) is 61.3 Å². The van der Waals surface area contributed by atoms with Crippen LogP contribution in [0.5, 0.6) is 0 Å². The molecule has 6 nitrogen and oxygen atoms in total. The van der Waals surface area contributed by atoms with Crippen LogP contribution in [0.4, 0.5) is 5.69 Å². The van der Waals surface area contributed by atoms with Crippen LogP contribution in [0.1, 0.15) is 27.5 Å². The first-order valence-corrected chi connectivity index (χ1v) is 12.1. The highest BCUT2D eigenvalue weighted by atomic mass is 32.2. The van der Waals surface area contributed by atoms with E-state index in [1.54, 1.807) is 24.3 Å². The zero-order chi connectivity index (χ0) is 22.7. The second-order valence-electron chi connectivity index (χ2n) is 8.19. The molecule has 1 atom stereocenters. The lowest BCUT2D eigenvalue weighted by Gasteiger charge is -2.40. The summed E-state index contributed by atoms with van der Waals surface area (Å²) in [4.78, 5) is 17.6. The van der Waals surface area contributed by atoms with Crippen LogP contribution in [0.15, 0.2) is 83.8 Å². The minimum Gasteiger partial charge on any atom is -0.329 e. The van der Waals surface area contributed by atoms with Crippen molar-refractivity contribution in [2.75, 3.05) is 31.4 Å². The Bertz CT molecular complexity index is 1190. The van der Waals surface area contributed by atoms with E-state index < -0.39 is 10.0 Å². The van der Waals surface area contributed by atoms with E-state index in [4.69, 9.17) is 0 Å². The van der Waals surface area contributed by atoms with Gasteiger partial charge in [-0.25, -0.2) is 8.42 Å².